The van der Waals surface area contributed by atoms with Crippen molar-refractivity contribution in [1.82, 2.24) is 19.5 Å². The molecule has 0 saturated carbocycles. The summed E-state index contributed by atoms with van der Waals surface area (Å²) in [6, 6.07) is 6.79. The van der Waals surface area contributed by atoms with Crippen molar-refractivity contribution in [1.29, 1.82) is 0 Å². The molecule has 1 aromatic heterocycles. The second kappa shape index (κ2) is 8.30. The van der Waals surface area contributed by atoms with E-state index in [1.165, 1.54) is 7.05 Å². The van der Waals surface area contributed by atoms with Crippen molar-refractivity contribution in [3.8, 4) is 0 Å². The Balaban J connectivity index is 0.00000243. The zero-order valence-electron chi connectivity index (χ0n) is 14.8. The lowest BCUT2D eigenvalue weighted by Crippen LogP contribution is -2.49. The quantitative estimate of drug-likeness (QED) is 0.831. The summed E-state index contributed by atoms with van der Waals surface area (Å²) in [5.74, 6) is -0.179. The summed E-state index contributed by atoms with van der Waals surface area (Å²) in [6.07, 6.45) is 1.64. The molecule has 1 fully saturated rings. The highest BCUT2D eigenvalue weighted by atomic mass is 35.5. The van der Waals surface area contributed by atoms with Crippen LogP contribution in [-0.2, 0) is 14.8 Å². The number of piperazine rings is 1. The van der Waals surface area contributed by atoms with E-state index in [1.54, 1.807) is 35.4 Å². The van der Waals surface area contributed by atoms with Gasteiger partial charge in [-0.05, 0) is 30.7 Å². The molecule has 0 spiro atoms. The van der Waals surface area contributed by atoms with Crippen molar-refractivity contribution < 1.29 is 13.2 Å². The SMILES string of the molecule is Cc1ccc(S(=O)(=O)N(C)CC(=O)N2CCNCC2)c2cccnc12.Cl. The fourth-order valence-electron chi connectivity index (χ4n) is 2.97. The van der Waals surface area contributed by atoms with Crippen LogP contribution < -0.4 is 5.32 Å². The number of sulfonamides is 1. The van der Waals surface area contributed by atoms with Crippen LogP contribution in [0.3, 0.4) is 0 Å². The summed E-state index contributed by atoms with van der Waals surface area (Å²) in [4.78, 5) is 18.5. The number of fused-ring (bicyclic) bond motifs is 1. The molecule has 9 heteroatoms. The number of hydrogen-bond donors (Lipinski definition) is 1. The first kappa shape index (κ1) is 20.6. The smallest absolute Gasteiger partial charge is 0.243 e. The molecule has 2 heterocycles. The first-order valence-electron chi connectivity index (χ1n) is 8.20. The molecule has 1 amide bonds. The molecule has 0 unspecified atom stereocenters. The molecule has 1 aromatic carbocycles. The first-order chi connectivity index (χ1) is 11.9. The second-order valence-corrected chi connectivity index (χ2v) is 8.19. The van der Waals surface area contributed by atoms with E-state index in [4.69, 9.17) is 0 Å². The van der Waals surface area contributed by atoms with Gasteiger partial charge in [0.25, 0.3) is 0 Å². The molecule has 1 saturated heterocycles. The molecule has 2 aromatic rings. The minimum atomic E-state index is -3.79. The number of benzene rings is 1. The van der Waals surface area contributed by atoms with Gasteiger partial charge in [-0.15, -0.1) is 12.4 Å². The average Bonchev–Trinajstić information content (AvgIpc) is 2.62. The van der Waals surface area contributed by atoms with Crippen molar-refractivity contribution in [2.75, 3.05) is 39.8 Å². The minimum absolute atomic E-state index is 0. The number of aromatic nitrogens is 1. The predicted molar refractivity (Wildman–Crippen MR) is 103 cm³/mol. The molecule has 26 heavy (non-hydrogen) atoms. The van der Waals surface area contributed by atoms with Crippen LogP contribution in [0.1, 0.15) is 5.56 Å². The zero-order valence-corrected chi connectivity index (χ0v) is 16.4. The number of pyridine rings is 1. The Labute approximate surface area is 159 Å². The summed E-state index contributed by atoms with van der Waals surface area (Å²) in [5, 5.41) is 3.74. The number of carbonyl (C=O) groups excluding carboxylic acids is 1. The van der Waals surface area contributed by atoms with Crippen LogP contribution in [0.15, 0.2) is 35.4 Å². The lowest BCUT2D eigenvalue weighted by molar-refractivity contribution is -0.131. The molecule has 142 valence electrons. The van der Waals surface area contributed by atoms with E-state index < -0.39 is 10.0 Å². The van der Waals surface area contributed by atoms with Crippen LogP contribution in [0.5, 0.6) is 0 Å². The number of hydrogen-bond acceptors (Lipinski definition) is 5. The summed E-state index contributed by atoms with van der Waals surface area (Å²) in [5.41, 5.74) is 1.57. The lowest BCUT2D eigenvalue weighted by Gasteiger charge is -2.29. The van der Waals surface area contributed by atoms with Crippen LogP contribution in [0.25, 0.3) is 10.9 Å². The van der Waals surface area contributed by atoms with Crippen molar-refractivity contribution in [2.45, 2.75) is 11.8 Å². The fraction of sp³-hybridized carbons (Fsp3) is 0.412. The van der Waals surface area contributed by atoms with Gasteiger partial charge in [0.15, 0.2) is 0 Å². The van der Waals surface area contributed by atoms with E-state index in [2.05, 4.69) is 10.3 Å². The normalized spacial score (nSPS) is 15.1. The molecule has 1 aliphatic rings. The van der Waals surface area contributed by atoms with E-state index in [0.717, 1.165) is 23.0 Å². The highest BCUT2D eigenvalue weighted by Crippen LogP contribution is 2.26. The number of halogens is 1. The van der Waals surface area contributed by atoms with E-state index in [0.29, 0.717) is 24.0 Å². The van der Waals surface area contributed by atoms with Crippen LogP contribution in [-0.4, -0.2) is 68.3 Å². The van der Waals surface area contributed by atoms with Gasteiger partial charge in [-0.2, -0.15) is 4.31 Å². The van der Waals surface area contributed by atoms with Gasteiger partial charge in [0.1, 0.15) is 0 Å². The van der Waals surface area contributed by atoms with Crippen LogP contribution in [0, 0.1) is 6.92 Å². The molecule has 0 aliphatic carbocycles. The first-order valence-corrected chi connectivity index (χ1v) is 9.64. The Morgan fingerprint density at radius 1 is 1.27 bits per heavy atom. The average molecular weight is 399 g/mol. The van der Waals surface area contributed by atoms with E-state index in [1.807, 2.05) is 6.92 Å². The van der Waals surface area contributed by atoms with Crippen molar-refractivity contribution in [2.24, 2.45) is 0 Å². The van der Waals surface area contributed by atoms with Gasteiger partial charge in [0.05, 0.1) is 17.0 Å². The van der Waals surface area contributed by atoms with Crippen LogP contribution in [0.2, 0.25) is 0 Å². The zero-order chi connectivity index (χ0) is 18.0. The van der Waals surface area contributed by atoms with Gasteiger partial charge in [-0.3, -0.25) is 9.78 Å². The third-order valence-corrected chi connectivity index (χ3v) is 6.31. The van der Waals surface area contributed by atoms with Crippen LogP contribution in [0.4, 0.5) is 0 Å². The Hall–Kier alpha value is -1.74. The second-order valence-electron chi connectivity index (χ2n) is 6.17. The number of aryl methyl sites for hydroxylation is 1. The Morgan fingerprint density at radius 3 is 2.65 bits per heavy atom. The number of rotatable bonds is 4. The molecule has 3 rings (SSSR count). The molecule has 1 aliphatic heterocycles. The maximum absolute atomic E-state index is 13.0. The van der Waals surface area contributed by atoms with Gasteiger partial charge >= 0.3 is 0 Å². The van der Waals surface area contributed by atoms with Crippen molar-refractivity contribution in [3.63, 3.8) is 0 Å². The Kier molecular flexibility index (Phi) is 6.57. The number of likely N-dealkylation sites (N-methyl/N-ethyl adjacent to an activating group) is 1. The third-order valence-electron chi connectivity index (χ3n) is 4.45. The predicted octanol–water partition coefficient (Wildman–Crippen LogP) is 1.02. The minimum Gasteiger partial charge on any atom is -0.339 e. The topological polar surface area (TPSA) is 82.6 Å². The molecule has 0 bridgehead atoms. The molecular weight excluding hydrogens is 376 g/mol. The lowest BCUT2D eigenvalue weighted by atomic mass is 10.1. The molecule has 0 radical (unpaired) electrons. The summed E-state index contributed by atoms with van der Waals surface area (Å²) >= 11 is 0. The summed E-state index contributed by atoms with van der Waals surface area (Å²) in [7, 11) is -2.34. The van der Waals surface area contributed by atoms with E-state index in [9.17, 15) is 13.2 Å². The number of amides is 1. The molecule has 7 nitrogen and oxygen atoms in total. The third kappa shape index (κ3) is 3.98. The summed E-state index contributed by atoms with van der Waals surface area (Å²) < 4.78 is 27.1. The number of nitrogens with one attached hydrogen (secondary N) is 1. The van der Waals surface area contributed by atoms with Gasteiger partial charge in [-0.1, -0.05) is 6.07 Å². The van der Waals surface area contributed by atoms with Crippen molar-refractivity contribution >= 4 is 39.2 Å². The maximum Gasteiger partial charge on any atom is 0.243 e. The maximum atomic E-state index is 13.0. The van der Waals surface area contributed by atoms with E-state index >= 15 is 0 Å². The fourth-order valence-corrected chi connectivity index (χ4v) is 4.27. The number of carbonyl (C=O) groups is 1. The largest absolute Gasteiger partial charge is 0.339 e. The monoisotopic (exact) mass is 398 g/mol. The van der Waals surface area contributed by atoms with Crippen molar-refractivity contribution in [3.05, 3.63) is 36.0 Å². The van der Waals surface area contributed by atoms with Crippen LogP contribution >= 0.6 is 12.4 Å². The number of nitrogens with zero attached hydrogens (tertiary/aromatic N) is 3. The highest BCUT2D eigenvalue weighted by Gasteiger charge is 2.27. The van der Waals surface area contributed by atoms with Gasteiger partial charge in [0.2, 0.25) is 15.9 Å². The van der Waals surface area contributed by atoms with Gasteiger partial charge in [0, 0.05) is 44.8 Å². The molecular formula is C17H23ClN4O3S. The standard InChI is InChI=1S/C17H22N4O3S.ClH/c1-13-5-6-15(14-4-3-7-19-17(13)14)25(23,24)20(2)12-16(22)21-10-8-18-9-11-21;/h3-7,18H,8-12H2,1-2H3;1H. The molecule has 0 atom stereocenters. The summed E-state index contributed by atoms with van der Waals surface area (Å²) in [6.45, 7) is 4.39. The Bertz CT molecular complexity index is 898. The van der Waals surface area contributed by atoms with Gasteiger partial charge < -0.3 is 10.2 Å². The van der Waals surface area contributed by atoms with E-state index in [-0.39, 0.29) is 29.8 Å². The highest BCUT2D eigenvalue weighted by molar-refractivity contribution is 7.89. The Morgan fingerprint density at radius 2 is 1.96 bits per heavy atom. The molecule has 1 N–H and O–H groups in total. The van der Waals surface area contributed by atoms with Gasteiger partial charge in [-0.25, -0.2) is 8.42 Å².